The Labute approximate surface area is 143 Å². The molecule has 0 saturated carbocycles. The van der Waals surface area contributed by atoms with Crippen molar-refractivity contribution in [1.82, 2.24) is 10.0 Å². The quantitative estimate of drug-likeness (QED) is 0.814. The number of benzene rings is 1. The molecule has 1 aromatic rings. The first kappa shape index (κ1) is 19.7. The van der Waals surface area contributed by atoms with Gasteiger partial charge in [-0.2, -0.15) is 17.9 Å². The van der Waals surface area contributed by atoms with Crippen LogP contribution in [0.3, 0.4) is 0 Å². The van der Waals surface area contributed by atoms with Gasteiger partial charge in [0.25, 0.3) is 0 Å². The summed E-state index contributed by atoms with van der Waals surface area (Å²) in [6, 6.07) is 2.47. The molecule has 140 valence electrons. The highest BCUT2D eigenvalue weighted by molar-refractivity contribution is 7.89. The molecule has 0 bridgehead atoms. The third-order valence-corrected chi connectivity index (χ3v) is 5.37. The van der Waals surface area contributed by atoms with Crippen molar-refractivity contribution in [3.05, 3.63) is 29.8 Å². The number of hydrogen-bond acceptors (Lipinski definition) is 4. The molecule has 0 spiro atoms. The standard InChI is InChI=1S/C15H19F3N2O4S/c1-10(14(21)19-11-6-8-24-9-7-11)20-25(22,23)13-5-3-2-4-12(13)15(16,17)18/h2-5,10-11,20H,6-9H2,1H3,(H,19,21)/t10-/m0/s1. The largest absolute Gasteiger partial charge is 0.417 e. The van der Waals surface area contributed by atoms with Crippen LogP contribution >= 0.6 is 0 Å². The number of nitrogens with one attached hydrogen (secondary N) is 2. The molecule has 0 aromatic heterocycles. The van der Waals surface area contributed by atoms with Crippen LogP contribution in [0.25, 0.3) is 0 Å². The molecule has 1 heterocycles. The second-order valence-electron chi connectivity index (χ2n) is 5.73. The average Bonchev–Trinajstić information content (AvgIpc) is 2.54. The Morgan fingerprint density at radius 3 is 2.44 bits per heavy atom. The van der Waals surface area contributed by atoms with E-state index >= 15 is 0 Å². The summed E-state index contributed by atoms with van der Waals surface area (Å²) in [5.41, 5.74) is -1.28. The molecule has 0 radical (unpaired) electrons. The van der Waals surface area contributed by atoms with E-state index in [0.717, 1.165) is 12.1 Å². The molecular weight excluding hydrogens is 361 g/mol. The van der Waals surface area contributed by atoms with E-state index in [1.807, 2.05) is 4.72 Å². The summed E-state index contributed by atoms with van der Waals surface area (Å²) in [5.74, 6) is -0.597. The molecule has 1 aromatic carbocycles. The normalized spacial score (nSPS) is 17.9. The van der Waals surface area contributed by atoms with Gasteiger partial charge < -0.3 is 10.1 Å². The van der Waals surface area contributed by atoms with Crippen LogP contribution in [0.1, 0.15) is 25.3 Å². The van der Waals surface area contributed by atoms with Crippen molar-refractivity contribution in [2.24, 2.45) is 0 Å². The van der Waals surface area contributed by atoms with Crippen molar-refractivity contribution in [1.29, 1.82) is 0 Å². The summed E-state index contributed by atoms with van der Waals surface area (Å²) < 4.78 is 70.8. The first-order chi connectivity index (χ1) is 11.6. The highest BCUT2D eigenvalue weighted by Crippen LogP contribution is 2.33. The highest BCUT2D eigenvalue weighted by atomic mass is 32.2. The van der Waals surface area contributed by atoms with Gasteiger partial charge in [0.1, 0.15) is 0 Å². The zero-order valence-electron chi connectivity index (χ0n) is 13.5. The smallest absolute Gasteiger partial charge is 0.381 e. The second-order valence-corrected chi connectivity index (χ2v) is 7.41. The van der Waals surface area contributed by atoms with Gasteiger partial charge in [0.15, 0.2) is 0 Å². The number of amides is 1. The molecule has 10 heteroatoms. The highest BCUT2D eigenvalue weighted by Gasteiger charge is 2.37. The van der Waals surface area contributed by atoms with E-state index in [1.54, 1.807) is 0 Å². The number of carbonyl (C=O) groups is 1. The average molecular weight is 380 g/mol. The summed E-state index contributed by atoms with van der Waals surface area (Å²) in [6.45, 7) is 2.26. The van der Waals surface area contributed by atoms with Gasteiger partial charge in [-0.1, -0.05) is 12.1 Å². The van der Waals surface area contributed by atoms with E-state index in [9.17, 15) is 26.4 Å². The molecular formula is C15H19F3N2O4S. The number of halogens is 3. The van der Waals surface area contributed by atoms with Gasteiger partial charge in [0.05, 0.1) is 16.5 Å². The maximum absolute atomic E-state index is 13.0. The molecule has 6 nitrogen and oxygen atoms in total. The molecule has 2 N–H and O–H groups in total. The van der Waals surface area contributed by atoms with Crippen LogP contribution in [0.2, 0.25) is 0 Å². The van der Waals surface area contributed by atoms with E-state index in [4.69, 9.17) is 4.74 Å². The van der Waals surface area contributed by atoms with Crippen molar-refractivity contribution < 1.29 is 31.1 Å². The van der Waals surface area contributed by atoms with Crippen molar-refractivity contribution in [2.75, 3.05) is 13.2 Å². The maximum Gasteiger partial charge on any atom is 0.417 e. The van der Waals surface area contributed by atoms with E-state index in [1.165, 1.54) is 13.0 Å². The summed E-state index contributed by atoms with van der Waals surface area (Å²) in [7, 11) is -4.51. The van der Waals surface area contributed by atoms with Crippen LogP contribution in [0.4, 0.5) is 13.2 Å². The number of rotatable bonds is 5. The van der Waals surface area contributed by atoms with E-state index < -0.39 is 38.6 Å². The molecule has 0 unspecified atom stereocenters. The van der Waals surface area contributed by atoms with Crippen molar-refractivity contribution in [3.8, 4) is 0 Å². The minimum Gasteiger partial charge on any atom is -0.381 e. The van der Waals surface area contributed by atoms with Crippen LogP contribution < -0.4 is 10.0 Å². The Morgan fingerprint density at radius 1 is 1.24 bits per heavy atom. The van der Waals surface area contributed by atoms with Gasteiger partial charge in [0, 0.05) is 19.3 Å². The molecule has 0 aliphatic carbocycles. The zero-order chi connectivity index (χ0) is 18.7. The SMILES string of the molecule is C[C@H](NS(=O)(=O)c1ccccc1C(F)(F)F)C(=O)NC1CCOCC1. The lowest BCUT2D eigenvalue weighted by Gasteiger charge is -2.25. The third-order valence-electron chi connectivity index (χ3n) is 3.77. The predicted octanol–water partition coefficient (Wildman–Crippen LogP) is 1.67. The minimum atomic E-state index is -4.82. The summed E-state index contributed by atoms with van der Waals surface area (Å²) in [5, 5.41) is 2.67. The van der Waals surface area contributed by atoms with Gasteiger partial charge in [-0.05, 0) is 31.9 Å². The molecule has 1 aliphatic heterocycles. The zero-order valence-corrected chi connectivity index (χ0v) is 14.3. The molecule has 1 fully saturated rings. The fraction of sp³-hybridized carbons (Fsp3) is 0.533. The number of hydrogen-bond donors (Lipinski definition) is 2. The fourth-order valence-corrected chi connectivity index (χ4v) is 3.88. The minimum absolute atomic E-state index is 0.143. The number of sulfonamides is 1. The molecule has 1 aliphatic rings. The topological polar surface area (TPSA) is 84.5 Å². The first-order valence-corrected chi connectivity index (χ1v) is 9.16. The summed E-state index contributed by atoms with van der Waals surface area (Å²) >= 11 is 0. The van der Waals surface area contributed by atoms with Crippen molar-refractivity contribution >= 4 is 15.9 Å². The van der Waals surface area contributed by atoms with E-state index in [2.05, 4.69) is 5.32 Å². The van der Waals surface area contributed by atoms with Crippen LogP contribution in [-0.2, 0) is 25.7 Å². The van der Waals surface area contributed by atoms with Crippen LogP contribution in [0.15, 0.2) is 29.2 Å². The van der Waals surface area contributed by atoms with Crippen molar-refractivity contribution in [2.45, 2.75) is 42.9 Å². The lowest BCUT2D eigenvalue weighted by atomic mass is 10.1. The molecule has 1 saturated heterocycles. The molecule has 1 atom stereocenters. The van der Waals surface area contributed by atoms with Crippen LogP contribution in [0.5, 0.6) is 0 Å². The molecule has 25 heavy (non-hydrogen) atoms. The Kier molecular flexibility index (Phi) is 6.07. The lowest BCUT2D eigenvalue weighted by Crippen LogP contribution is -2.49. The Bertz CT molecular complexity index is 716. The third kappa shape index (κ3) is 5.16. The van der Waals surface area contributed by atoms with Gasteiger partial charge in [-0.3, -0.25) is 4.79 Å². The summed E-state index contributed by atoms with van der Waals surface area (Å²) in [6.07, 6.45) is -3.62. The molecule has 1 amide bonds. The number of carbonyl (C=O) groups excluding carboxylic acids is 1. The van der Waals surface area contributed by atoms with Crippen LogP contribution in [0, 0.1) is 0 Å². The van der Waals surface area contributed by atoms with Gasteiger partial charge in [-0.25, -0.2) is 8.42 Å². The Balaban J connectivity index is 2.11. The fourth-order valence-electron chi connectivity index (χ4n) is 2.45. The van der Waals surface area contributed by atoms with Gasteiger partial charge in [0.2, 0.25) is 15.9 Å². The number of ether oxygens (including phenoxy) is 1. The summed E-state index contributed by atoms with van der Waals surface area (Å²) in [4.78, 5) is 11.2. The maximum atomic E-state index is 13.0. The van der Waals surface area contributed by atoms with Gasteiger partial charge >= 0.3 is 6.18 Å². The predicted molar refractivity (Wildman–Crippen MR) is 83.2 cm³/mol. The van der Waals surface area contributed by atoms with Crippen LogP contribution in [-0.4, -0.2) is 39.6 Å². The Hall–Kier alpha value is -1.65. The monoisotopic (exact) mass is 380 g/mol. The molecule has 2 rings (SSSR count). The lowest BCUT2D eigenvalue weighted by molar-refractivity contribution is -0.139. The van der Waals surface area contributed by atoms with Gasteiger partial charge in [-0.15, -0.1) is 0 Å². The number of alkyl halides is 3. The van der Waals surface area contributed by atoms with E-state index in [0.29, 0.717) is 32.1 Å². The Morgan fingerprint density at radius 2 is 1.84 bits per heavy atom. The van der Waals surface area contributed by atoms with Crippen molar-refractivity contribution in [3.63, 3.8) is 0 Å². The second kappa shape index (κ2) is 7.71. The van der Waals surface area contributed by atoms with E-state index in [-0.39, 0.29) is 6.04 Å². The first-order valence-electron chi connectivity index (χ1n) is 7.68.